The third-order valence-corrected chi connectivity index (χ3v) is 3.75. The molecule has 1 aromatic rings. The molecule has 1 saturated carbocycles. The van der Waals surface area contributed by atoms with Crippen molar-refractivity contribution in [3.8, 4) is 12.1 Å². The van der Waals surface area contributed by atoms with Crippen LogP contribution in [-0.2, 0) is 4.79 Å². The molecule has 1 aromatic carbocycles. The van der Waals surface area contributed by atoms with E-state index in [1.54, 1.807) is 31.3 Å². The van der Waals surface area contributed by atoms with Gasteiger partial charge in [0.25, 0.3) is 0 Å². The highest BCUT2D eigenvalue weighted by Gasteiger charge is 2.43. The zero-order chi connectivity index (χ0) is 13.9. The zero-order valence-electron chi connectivity index (χ0n) is 10.9. The molecular formula is C15H15N3O. The second-order valence-electron chi connectivity index (χ2n) is 4.93. The van der Waals surface area contributed by atoms with Crippen LogP contribution < -0.4 is 4.90 Å². The van der Waals surface area contributed by atoms with E-state index in [9.17, 15) is 10.1 Å². The van der Waals surface area contributed by atoms with E-state index in [0.717, 1.165) is 12.8 Å². The van der Waals surface area contributed by atoms with Crippen molar-refractivity contribution in [2.75, 3.05) is 11.9 Å². The van der Waals surface area contributed by atoms with E-state index in [1.807, 2.05) is 0 Å². The molecule has 2 rings (SSSR count). The summed E-state index contributed by atoms with van der Waals surface area (Å²) in [4.78, 5) is 14.0. The van der Waals surface area contributed by atoms with E-state index in [0.29, 0.717) is 24.1 Å². The molecular weight excluding hydrogens is 238 g/mol. The topological polar surface area (TPSA) is 67.9 Å². The fourth-order valence-corrected chi connectivity index (χ4v) is 2.57. The molecule has 4 nitrogen and oxygen atoms in total. The van der Waals surface area contributed by atoms with Crippen molar-refractivity contribution in [2.45, 2.75) is 25.7 Å². The molecule has 0 heterocycles. The van der Waals surface area contributed by atoms with Gasteiger partial charge in [0.15, 0.2) is 0 Å². The van der Waals surface area contributed by atoms with E-state index in [-0.39, 0.29) is 5.91 Å². The van der Waals surface area contributed by atoms with Crippen molar-refractivity contribution in [3.63, 3.8) is 0 Å². The normalized spacial score (nSPS) is 16.4. The van der Waals surface area contributed by atoms with Gasteiger partial charge in [0.1, 0.15) is 5.41 Å². The van der Waals surface area contributed by atoms with Gasteiger partial charge in [-0.3, -0.25) is 4.79 Å². The minimum Gasteiger partial charge on any atom is -0.314 e. The molecule has 0 aromatic heterocycles. The minimum atomic E-state index is -0.878. The molecule has 19 heavy (non-hydrogen) atoms. The van der Waals surface area contributed by atoms with Crippen molar-refractivity contribution >= 4 is 11.6 Å². The molecule has 0 radical (unpaired) electrons. The van der Waals surface area contributed by atoms with Crippen LogP contribution in [0, 0.1) is 28.1 Å². The van der Waals surface area contributed by atoms with E-state index in [2.05, 4.69) is 12.1 Å². The first kappa shape index (κ1) is 13.1. The third kappa shape index (κ3) is 2.30. The second-order valence-corrected chi connectivity index (χ2v) is 4.93. The number of hydrogen-bond acceptors (Lipinski definition) is 3. The monoisotopic (exact) mass is 253 g/mol. The van der Waals surface area contributed by atoms with Crippen LogP contribution >= 0.6 is 0 Å². The molecule has 96 valence electrons. The summed E-state index contributed by atoms with van der Waals surface area (Å²) in [6, 6.07) is 11.1. The molecule has 0 unspecified atom stereocenters. The first-order valence-electron chi connectivity index (χ1n) is 6.32. The quantitative estimate of drug-likeness (QED) is 0.813. The minimum absolute atomic E-state index is 0.164. The number of anilines is 1. The predicted molar refractivity (Wildman–Crippen MR) is 71.1 cm³/mol. The van der Waals surface area contributed by atoms with Gasteiger partial charge >= 0.3 is 0 Å². The molecule has 1 amide bonds. The number of hydrogen-bond donors (Lipinski definition) is 0. The van der Waals surface area contributed by atoms with Crippen molar-refractivity contribution in [2.24, 2.45) is 5.41 Å². The average Bonchev–Trinajstić information content (AvgIpc) is 2.96. The van der Waals surface area contributed by atoms with Crippen LogP contribution in [-0.4, -0.2) is 13.0 Å². The van der Waals surface area contributed by atoms with Crippen LogP contribution in [0.4, 0.5) is 5.69 Å². The number of nitrogens with zero attached hydrogens (tertiary/aromatic N) is 3. The average molecular weight is 253 g/mol. The second kappa shape index (κ2) is 5.12. The first-order chi connectivity index (χ1) is 9.13. The number of carbonyl (C=O) groups is 1. The van der Waals surface area contributed by atoms with Gasteiger partial charge in [-0.25, -0.2) is 0 Å². The van der Waals surface area contributed by atoms with Crippen molar-refractivity contribution in [1.82, 2.24) is 0 Å². The van der Waals surface area contributed by atoms with Gasteiger partial charge < -0.3 is 4.90 Å². The fourth-order valence-electron chi connectivity index (χ4n) is 2.57. The van der Waals surface area contributed by atoms with Crippen molar-refractivity contribution in [3.05, 3.63) is 29.8 Å². The highest BCUT2D eigenvalue weighted by atomic mass is 16.2. The highest BCUT2D eigenvalue weighted by Crippen LogP contribution is 2.39. The Labute approximate surface area is 112 Å². The largest absolute Gasteiger partial charge is 0.314 e. The molecule has 0 bridgehead atoms. The molecule has 0 aliphatic heterocycles. The van der Waals surface area contributed by atoms with Crippen LogP contribution in [0.25, 0.3) is 0 Å². The number of amides is 1. The SMILES string of the molecule is CN(C(=O)C1(C#N)CCCC1)c1cccc(C#N)c1. The Hall–Kier alpha value is -2.33. The molecule has 0 N–H and O–H groups in total. The van der Waals surface area contributed by atoms with Crippen LogP contribution in [0.2, 0.25) is 0 Å². The van der Waals surface area contributed by atoms with Gasteiger partial charge in [0, 0.05) is 12.7 Å². The van der Waals surface area contributed by atoms with E-state index in [1.165, 1.54) is 4.90 Å². The Morgan fingerprint density at radius 2 is 2.00 bits per heavy atom. The Balaban J connectivity index is 2.29. The number of carbonyl (C=O) groups excluding carboxylic acids is 1. The highest BCUT2D eigenvalue weighted by molar-refractivity contribution is 5.99. The van der Waals surface area contributed by atoms with E-state index in [4.69, 9.17) is 5.26 Å². The molecule has 1 aliphatic rings. The predicted octanol–water partition coefficient (Wildman–Crippen LogP) is 2.61. The maximum Gasteiger partial charge on any atom is 0.247 e. The summed E-state index contributed by atoms with van der Waals surface area (Å²) in [5.74, 6) is -0.164. The molecule has 1 fully saturated rings. The summed E-state index contributed by atoms with van der Waals surface area (Å²) in [5, 5.41) is 18.2. The van der Waals surface area contributed by atoms with Crippen LogP contribution in [0.3, 0.4) is 0 Å². The van der Waals surface area contributed by atoms with E-state index < -0.39 is 5.41 Å². The summed E-state index contributed by atoms with van der Waals surface area (Å²) in [7, 11) is 1.66. The zero-order valence-corrected chi connectivity index (χ0v) is 10.9. The number of rotatable bonds is 2. The summed E-state index contributed by atoms with van der Waals surface area (Å²) in [6.07, 6.45) is 3.10. The molecule has 0 saturated heterocycles. The van der Waals surface area contributed by atoms with Gasteiger partial charge in [-0.1, -0.05) is 18.9 Å². The van der Waals surface area contributed by atoms with Gasteiger partial charge in [-0.2, -0.15) is 10.5 Å². The summed E-state index contributed by atoms with van der Waals surface area (Å²) >= 11 is 0. The van der Waals surface area contributed by atoms with Gasteiger partial charge in [-0.05, 0) is 31.0 Å². The summed E-state index contributed by atoms with van der Waals surface area (Å²) in [6.45, 7) is 0. The molecule has 4 heteroatoms. The first-order valence-corrected chi connectivity index (χ1v) is 6.32. The third-order valence-electron chi connectivity index (χ3n) is 3.75. The summed E-state index contributed by atoms with van der Waals surface area (Å²) < 4.78 is 0. The van der Waals surface area contributed by atoms with Gasteiger partial charge in [0.05, 0.1) is 17.7 Å². The number of benzene rings is 1. The van der Waals surface area contributed by atoms with Crippen molar-refractivity contribution < 1.29 is 4.79 Å². The van der Waals surface area contributed by atoms with Crippen molar-refractivity contribution in [1.29, 1.82) is 10.5 Å². The van der Waals surface area contributed by atoms with E-state index >= 15 is 0 Å². The van der Waals surface area contributed by atoms with Gasteiger partial charge in [0.2, 0.25) is 5.91 Å². The fraction of sp³-hybridized carbons (Fsp3) is 0.400. The molecule has 0 atom stereocenters. The van der Waals surface area contributed by atoms with Crippen LogP contribution in [0.1, 0.15) is 31.2 Å². The maximum absolute atomic E-state index is 12.5. The molecule has 0 spiro atoms. The standard InChI is InChI=1S/C15H15N3O/c1-18(13-6-4-5-12(9-13)10-16)14(19)15(11-17)7-2-3-8-15/h4-6,9H,2-3,7-8H2,1H3. The lowest BCUT2D eigenvalue weighted by molar-refractivity contribution is -0.124. The lowest BCUT2D eigenvalue weighted by Gasteiger charge is -2.26. The Morgan fingerprint density at radius 3 is 2.58 bits per heavy atom. The van der Waals surface area contributed by atoms with Gasteiger partial charge in [-0.15, -0.1) is 0 Å². The van der Waals surface area contributed by atoms with Crippen LogP contribution in [0.15, 0.2) is 24.3 Å². The lowest BCUT2D eigenvalue weighted by Crippen LogP contribution is -2.39. The Bertz CT molecular complexity index is 574. The maximum atomic E-state index is 12.5. The summed E-state index contributed by atoms with van der Waals surface area (Å²) in [5.41, 5.74) is 0.289. The molecule has 1 aliphatic carbocycles. The smallest absolute Gasteiger partial charge is 0.247 e. The Morgan fingerprint density at radius 1 is 1.32 bits per heavy atom. The lowest BCUT2D eigenvalue weighted by atomic mass is 9.86. The van der Waals surface area contributed by atoms with Crippen LogP contribution in [0.5, 0.6) is 0 Å². The Kier molecular flexibility index (Phi) is 3.53. The number of nitriles is 2.